The van der Waals surface area contributed by atoms with Gasteiger partial charge in [0.25, 0.3) is 5.91 Å². The molecule has 1 amide bonds. The maximum absolute atomic E-state index is 12.6. The van der Waals surface area contributed by atoms with Crippen LogP contribution in [-0.4, -0.2) is 10.9 Å². The fourth-order valence-electron chi connectivity index (χ4n) is 2.88. The standard InChI is InChI=1S/C18H15N3O/c22-18(16-3-1-2-12-6-7-19-11-17(12)16)21-15-5-4-13-9-20-10-14(13)8-15/h1-8,11,20H,9-10H2,(H,21,22). The first-order chi connectivity index (χ1) is 10.8. The van der Waals surface area contributed by atoms with Crippen molar-refractivity contribution in [3.8, 4) is 0 Å². The number of carbonyl (C=O) groups is 1. The number of nitrogens with zero attached hydrogens (tertiary/aromatic N) is 1. The van der Waals surface area contributed by atoms with Crippen LogP contribution in [0.25, 0.3) is 10.8 Å². The third-order valence-electron chi connectivity index (χ3n) is 4.02. The lowest BCUT2D eigenvalue weighted by molar-refractivity contribution is 0.102. The lowest BCUT2D eigenvalue weighted by Gasteiger charge is -2.09. The maximum atomic E-state index is 12.6. The lowest BCUT2D eigenvalue weighted by atomic mass is 10.1. The molecule has 22 heavy (non-hydrogen) atoms. The van der Waals surface area contributed by atoms with Crippen molar-refractivity contribution in [1.82, 2.24) is 10.3 Å². The van der Waals surface area contributed by atoms with E-state index in [1.165, 1.54) is 11.1 Å². The van der Waals surface area contributed by atoms with Crippen LogP contribution in [-0.2, 0) is 13.1 Å². The van der Waals surface area contributed by atoms with Crippen molar-refractivity contribution < 1.29 is 4.79 Å². The van der Waals surface area contributed by atoms with Crippen molar-refractivity contribution >= 4 is 22.4 Å². The van der Waals surface area contributed by atoms with Crippen LogP contribution in [0, 0.1) is 0 Å². The summed E-state index contributed by atoms with van der Waals surface area (Å²) < 4.78 is 0. The van der Waals surface area contributed by atoms with Gasteiger partial charge >= 0.3 is 0 Å². The second kappa shape index (κ2) is 5.24. The molecule has 3 aromatic rings. The summed E-state index contributed by atoms with van der Waals surface area (Å²) in [4.78, 5) is 16.7. The third kappa shape index (κ3) is 2.23. The average Bonchev–Trinajstić information content (AvgIpc) is 3.02. The summed E-state index contributed by atoms with van der Waals surface area (Å²) in [6.07, 6.45) is 3.47. The number of hydrogen-bond donors (Lipinski definition) is 2. The van der Waals surface area contributed by atoms with Gasteiger partial charge in [0.05, 0.1) is 0 Å². The first kappa shape index (κ1) is 13.0. The molecular weight excluding hydrogens is 274 g/mol. The molecule has 0 atom stereocenters. The molecule has 0 saturated heterocycles. The van der Waals surface area contributed by atoms with Gasteiger partial charge in [0.1, 0.15) is 0 Å². The van der Waals surface area contributed by atoms with Gasteiger partial charge < -0.3 is 10.6 Å². The summed E-state index contributed by atoms with van der Waals surface area (Å²) in [6.45, 7) is 1.76. The van der Waals surface area contributed by atoms with Gasteiger partial charge in [-0.25, -0.2) is 0 Å². The van der Waals surface area contributed by atoms with Gasteiger partial charge in [-0.1, -0.05) is 18.2 Å². The van der Waals surface area contributed by atoms with E-state index in [4.69, 9.17) is 0 Å². The minimum absolute atomic E-state index is 0.107. The Kier molecular flexibility index (Phi) is 3.09. The molecular formula is C18H15N3O. The average molecular weight is 289 g/mol. The van der Waals surface area contributed by atoms with E-state index in [1.807, 2.05) is 36.4 Å². The van der Waals surface area contributed by atoms with Gasteiger partial charge in [-0.3, -0.25) is 9.78 Å². The summed E-state index contributed by atoms with van der Waals surface area (Å²) >= 11 is 0. The zero-order chi connectivity index (χ0) is 14.9. The van der Waals surface area contributed by atoms with Gasteiger partial charge in [-0.2, -0.15) is 0 Å². The van der Waals surface area contributed by atoms with Crippen LogP contribution in [0.3, 0.4) is 0 Å². The Morgan fingerprint density at radius 2 is 2.00 bits per heavy atom. The summed E-state index contributed by atoms with van der Waals surface area (Å²) in [6, 6.07) is 13.7. The van der Waals surface area contributed by atoms with Crippen LogP contribution < -0.4 is 10.6 Å². The largest absolute Gasteiger partial charge is 0.322 e. The molecule has 0 unspecified atom stereocenters. The van der Waals surface area contributed by atoms with Crippen molar-refractivity contribution in [2.75, 3.05) is 5.32 Å². The molecule has 0 spiro atoms. The van der Waals surface area contributed by atoms with Gasteiger partial charge in [-0.15, -0.1) is 0 Å². The minimum Gasteiger partial charge on any atom is -0.322 e. The molecule has 1 aliphatic rings. The van der Waals surface area contributed by atoms with Crippen LogP contribution in [0.4, 0.5) is 5.69 Å². The number of aromatic nitrogens is 1. The number of benzene rings is 2. The zero-order valence-corrected chi connectivity index (χ0v) is 12.0. The monoisotopic (exact) mass is 289 g/mol. The van der Waals surface area contributed by atoms with E-state index >= 15 is 0 Å². The zero-order valence-electron chi connectivity index (χ0n) is 12.0. The quantitative estimate of drug-likeness (QED) is 0.762. The Hall–Kier alpha value is -2.72. The molecule has 0 fully saturated rings. The second-order valence-corrected chi connectivity index (χ2v) is 5.44. The van der Waals surface area contributed by atoms with Gasteiger partial charge in [0.2, 0.25) is 0 Å². The van der Waals surface area contributed by atoms with Crippen LogP contribution in [0.2, 0.25) is 0 Å². The topological polar surface area (TPSA) is 54.0 Å². The number of anilines is 1. The van der Waals surface area contributed by atoms with Gasteiger partial charge in [0, 0.05) is 42.1 Å². The van der Waals surface area contributed by atoms with Gasteiger partial charge in [-0.05, 0) is 40.8 Å². The Bertz CT molecular complexity index is 868. The van der Waals surface area contributed by atoms with Crippen molar-refractivity contribution in [2.45, 2.75) is 13.1 Å². The Morgan fingerprint density at radius 1 is 1.09 bits per heavy atom. The van der Waals surface area contributed by atoms with E-state index in [1.54, 1.807) is 12.4 Å². The minimum atomic E-state index is -0.107. The molecule has 1 aliphatic heterocycles. The summed E-state index contributed by atoms with van der Waals surface area (Å²) in [5, 5.41) is 8.17. The van der Waals surface area contributed by atoms with Crippen molar-refractivity contribution in [1.29, 1.82) is 0 Å². The van der Waals surface area contributed by atoms with Crippen LogP contribution in [0.5, 0.6) is 0 Å². The highest BCUT2D eigenvalue weighted by molar-refractivity contribution is 6.12. The first-order valence-corrected chi connectivity index (χ1v) is 7.28. The van der Waals surface area contributed by atoms with Gasteiger partial charge in [0.15, 0.2) is 0 Å². The van der Waals surface area contributed by atoms with E-state index in [0.29, 0.717) is 5.56 Å². The Morgan fingerprint density at radius 3 is 2.95 bits per heavy atom. The van der Waals surface area contributed by atoms with Crippen molar-refractivity contribution in [3.05, 3.63) is 71.5 Å². The number of nitrogens with one attached hydrogen (secondary N) is 2. The van der Waals surface area contributed by atoms with Crippen LogP contribution >= 0.6 is 0 Å². The molecule has 1 aromatic heterocycles. The van der Waals surface area contributed by atoms with E-state index in [9.17, 15) is 4.79 Å². The highest BCUT2D eigenvalue weighted by Crippen LogP contribution is 2.22. The Balaban J connectivity index is 1.66. The number of pyridine rings is 1. The number of amides is 1. The van der Waals surface area contributed by atoms with E-state index in [0.717, 1.165) is 29.5 Å². The first-order valence-electron chi connectivity index (χ1n) is 7.28. The molecule has 4 heteroatoms. The molecule has 108 valence electrons. The Labute approximate surface area is 128 Å². The lowest BCUT2D eigenvalue weighted by Crippen LogP contribution is -2.12. The fraction of sp³-hybridized carbons (Fsp3) is 0.111. The number of carbonyl (C=O) groups excluding carboxylic acids is 1. The second-order valence-electron chi connectivity index (χ2n) is 5.44. The number of rotatable bonds is 2. The molecule has 4 nitrogen and oxygen atoms in total. The molecule has 0 radical (unpaired) electrons. The molecule has 2 aromatic carbocycles. The molecule has 4 rings (SSSR count). The molecule has 0 aliphatic carbocycles. The summed E-state index contributed by atoms with van der Waals surface area (Å²) in [5.74, 6) is -0.107. The highest BCUT2D eigenvalue weighted by atomic mass is 16.1. The van der Waals surface area contributed by atoms with Crippen LogP contribution in [0.15, 0.2) is 54.9 Å². The molecule has 2 heterocycles. The summed E-state index contributed by atoms with van der Waals surface area (Å²) in [7, 11) is 0. The van der Waals surface area contributed by atoms with E-state index in [-0.39, 0.29) is 5.91 Å². The van der Waals surface area contributed by atoms with Crippen molar-refractivity contribution in [2.24, 2.45) is 0 Å². The normalized spacial score (nSPS) is 13.1. The molecule has 0 bridgehead atoms. The summed E-state index contributed by atoms with van der Waals surface area (Å²) in [5.41, 5.74) is 4.02. The predicted octanol–water partition coefficient (Wildman–Crippen LogP) is 3.09. The fourth-order valence-corrected chi connectivity index (χ4v) is 2.88. The molecule has 0 saturated carbocycles. The highest BCUT2D eigenvalue weighted by Gasteiger charge is 2.13. The third-order valence-corrected chi connectivity index (χ3v) is 4.02. The van der Waals surface area contributed by atoms with E-state index in [2.05, 4.69) is 21.7 Å². The van der Waals surface area contributed by atoms with E-state index < -0.39 is 0 Å². The number of hydrogen-bond acceptors (Lipinski definition) is 3. The maximum Gasteiger partial charge on any atom is 0.256 e. The smallest absolute Gasteiger partial charge is 0.256 e. The molecule has 2 N–H and O–H groups in total. The number of fused-ring (bicyclic) bond motifs is 2. The predicted molar refractivity (Wildman–Crippen MR) is 86.7 cm³/mol. The van der Waals surface area contributed by atoms with Crippen LogP contribution in [0.1, 0.15) is 21.5 Å². The van der Waals surface area contributed by atoms with Crippen molar-refractivity contribution in [3.63, 3.8) is 0 Å². The SMILES string of the molecule is O=C(Nc1ccc2c(c1)CNC2)c1cccc2ccncc12.